The van der Waals surface area contributed by atoms with Crippen molar-refractivity contribution in [2.45, 2.75) is 152 Å². The number of amides is 5. The van der Waals surface area contributed by atoms with Crippen LogP contribution in [0, 0.1) is 34.0 Å². The van der Waals surface area contributed by atoms with Crippen molar-refractivity contribution < 1.29 is 82.4 Å². The first-order chi connectivity index (χ1) is 47.9. The SMILES string of the molecule is CN(CCN(C)C(=O)O[C@H]1C[C@@]2(C)[C@@H](C[C@H]3O[C@@H](c4ccc(CC56CC(N)(C5)C6)cc4)O[C@]32C(=O)CO)[C@@H]2CCC3=CC(=O)C=C[C@]3(C)[C@H]21)C(=O)OCc1ccc(O[C@@H]2OC[C@@H](O)[C@H](O)[C@H]2O)c(NC(=O)CCNC(=O)CCC(=O)N2Cc3ccccc3-c3n[nH]nc3-c3ccccc32)c1. The van der Waals surface area contributed by atoms with Gasteiger partial charge in [-0.2, -0.15) is 15.4 Å². The van der Waals surface area contributed by atoms with Crippen LogP contribution in [0.5, 0.6) is 5.75 Å². The minimum Gasteiger partial charge on any atom is -0.460 e. The van der Waals surface area contributed by atoms with E-state index in [1.165, 1.54) is 40.6 Å². The quantitative estimate of drug-likeness (QED) is 0.0436. The molecule has 26 nitrogen and oxygen atoms in total. The minimum atomic E-state index is -1.68. The third-order valence-corrected chi connectivity index (χ3v) is 22.9. The highest BCUT2D eigenvalue weighted by Crippen LogP contribution is 2.71. The van der Waals surface area contributed by atoms with Gasteiger partial charge in [0.1, 0.15) is 54.8 Å². The van der Waals surface area contributed by atoms with Gasteiger partial charge in [0.05, 0.1) is 30.6 Å². The Balaban J connectivity index is 0.603. The number of hydrogen-bond acceptors (Lipinski definition) is 20. The van der Waals surface area contributed by atoms with E-state index in [2.05, 4.69) is 45.1 Å². The van der Waals surface area contributed by atoms with Gasteiger partial charge in [-0.25, -0.2) is 9.59 Å². The molecular formula is C74H85N9O17. The second-order valence-corrected chi connectivity index (χ2v) is 29.4. The summed E-state index contributed by atoms with van der Waals surface area (Å²) in [5.74, 6) is -2.58. The maximum absolute atomic E-state index is 14.6. The second-order valence-electron chi connectivity index (χ2n) is 29.4. The number of aromatic amines is 1. The molecule has 1 aromatic heterocycles. The minimum absolute atomic E-state index is 0.0000358. The van der Waals surface area contributed by atoms with Crippen molar-refractivity contribution in [3.8, 4) is 28.3 Å². The van der Waals surface area contributed by atoms with Gasteiger partial charge in [-0.3, -0.25) is 24.0 Å². The number of H-pyrrole nitrogens is 1. The second kappa shape index (κ2) is 26.7. The largest absolute Gasteiger partial charge is 0.460 e. The highest BCUT2D eigenvalue weighted by atomic mass is 16.7. The van der Waals surface area contributed by atoms with Gasteiger partial charge in [0.25, 0.3) is 0 Å². The zero-order valence-electron chi connectivity index (χ0n) is 56.3. The molecule has 5 amide bonds. The van der Waals surface area contributed by atoms with Crippen molar-refractivity contribution in [2.75, 3.05) is 57.2 Å². The summed E-state index contributed by atoms with van der Waals surface area (Å²) >= 11 is 0. The van der Waals surface area contributed by atoms with Crippen LogP contribution in [-0.2, 0) is 67.2 Å². The average molecular weight is 1370 g/mol. The molecule has 10 aliphatic rings. The van der Waals surface area contributed by atoms with Gasteiger partial charge in [0, 0.05) is 92.0 Å². The molecule has 5 aromatic rings. The molecule has 0 unspecified atom stereocenters. The van der Waals surface area contributed by atoms with Crippen LogP contribution in [0.2, 0.25) is 0 Å². The number of nitrogens with two attached hydrogens (primary N) is 1. The first-order valence-electron chi connectivity index (χ1n) is 34.4. The van der Waals surface area contributed by atoms with E-state index in [9.17, 15) is 54.0 Å². The number of allylic oxidation sites excluding steroid dienone is 4. The van der Waals surface area contributed by atoms with E-state index in [0.717, 1.165) is 47.9 Å². The van der Waals surface area contributed by atoms with E-state index in [4.69, 9.17) is 34.2 Å². The number of fused-ring (bicyclic) bond motifs is 12. The predicted molar refractivity (Wildman–Crippen MR) is 359 cm³/mol. The summed E-state index contributed by atoms with van der Waals surface area (Å²) < 4.78 is 37.6. The molecule has 6 saturated carbocycles. The maximum atomic E-state index is 14.6. The lowest BCUT2D eigenvalue weighted by Gasteiger charge is -2.69. The fraction of sp³-hybridized carbons (Fsp3) is 0.500. The third-order valence-electron chi connectivity index (χ3n) is 22.9. The Kier molecular flexibility index (Phi) is 18.2. The van der Waals surface area contributed by atoms with E-state index in [1.54, 1.807) is 24.1 Å². The van der Waals surface area contributed by atoms with E-state index < -0.39 is 95.9 Å². The molecule has 8 fully saturated rings. The average Bonchev–Trinajstić information content (AvgIpc) is 1.42. The van der Waals surface area contributed by atoms with Crippen LogP contribution in [0.25, 0.3) is 22.5 Å². The van der Waals surface area contributed by atoms with Crippen molar-refractivity contribution in [3.05, 3.63) is 137 Å². The summed E-state index contributed by atoms with van der Waals surface area (Å²) in [6.07, 6.45) is 0.569. The van der Waals surface area contributed by atoms with Crippen LogP contribution >= 0.6 is 0 Å². The molecule has 4 heterocycles. The van der Waals surface area contributed by atoms with Gasteiger partial charge in [0.2, 0.25) is 24.0 Å². The number of anilines is 2. The highest BCUT2D eigenvalue weighted by molar-refractivity contribution is 6.02. The summed E-state index contributed by atoms with van der Waals surface area (Å²) in [5, 5.41) is 59.1. The number of aliphatic hydroxyl groups is 4. The number of nitrogens with one attached hydrogen (secondary N) is 3. The van der Waals surface area contributed by atoms with Crippen LogP contribution in [0.15, 0.2) is 115 Å². The third kappa shape index (κ3) is 12.4. The smallest absolute Gasteiger partial charge is 0.409 e. The molecule has 3 aliphatic heterocycles. The summed E-state index contributed by atoms with van der Waals surface area (Å²) in [7, 11) is 3.05. The van der Waals surface area contributed by atoms with E-state index in [1.807, 2.05) is 73.7 Å². The number of hydrogen-bond donors (Lipinski definition) is 8. The number of carbonyl (C=O) groups is 7. The van der Waals surface area contributed by atoms with Gasteiger partial charge in [-0.15, -0.1) is 0 Å². The molecule has 0 radical (unpaired) electrons. The number of ether oxygens (including phenoxy) is 6. The molecule has 15 rings (SSSR count). The summed E-state index contributed by atoms with van der Waals surface area (Å²) in [6, 6.07) is 27.5. The Morgan fingerprint density at radius 3 is 2.30 bits per heavy atom. The van der Waals surface area contributed by atoms with Crippen LogP contribution < -0.4 is 26.0 Å². The molecule has 100 heavy (non-hydrogen) atoms. The molecule has 0 spiro atoms. The van der Waals surface area contributed by atoms with Crippen LogP contribution in [0.4, 0.5) is 21.0 Å². The fourth-order valence-corrected chi connectivity index (χ4v) is 18.1. The normalized spacial score (nSPS) is 31.6. The molecule has 2 saturated heterocycles. The number of para-hydroxylation sites is 1. The number of aromatic nitrogens is 3. The Labute approximate surface area is 577 Å². The molecule has 7 aliphatic carbocycles. The van der Waals surface area contributed by atoms with Gasteiger partial charge < -0.3 is 79.9 Å². The topological polar surface area (TPSA) is 357 Å². The molecule has 4 aromatic carbocycles. The Hall–Kier alpha value is -8.73. The van der Waals surface area contributed by atoms with Crippen LogP contribution in [0.1, 0.15) is 107 Å². The van der Waals surface area contributed by atoms with Gasteiger partial charge in [-0.05, 0) is 116 Å². The van der Waals surface area contributed by atoms with Gasteiger partial charge >= 0.3 is 12.2 Å². The molecule has 2 bridgehead atoms. The summed E-state index contributed by atoms with van der Waals surface area (Å²) in [6.45, 7) is 2.71. The lowest BCUT2D eigenvalue weighted by molar-refractivity contribution is -0.241. The Bertz CT molecular complexity index is 4100. The number of carbonyl (C=O) groups excluding carboxylic acids is 7. The lowest BCUT2D eigenvalue weighted by atomic mass is 9.38. The molecule has 26 heteroatoms. The molecule has 528 valence electrons. The fourth-order valence-electron chi connectivity index (χ4n) is 18.1. The Morgan fingerprint density at radius 2 is 1.55 bits per heavy atom. The number of aliphatic hydroxyl groups excluding tert-OH is 4. The van der Waals surface area contributed by atoms with E-state index in [0.29, 0.717) is 47.5 Å². The van der Waals surface area contributed by atoms with E-state index in [-0.39, 0.29) is 117 Å². The zero-order chi connectivity index (χ0) is 70.2. The number of benzene rings is 4. The number of nitrogens with zero attached hydrogens (tertiary/aromatic N) is 5. The number of likely N-dealkylation sites (N-methyl/N-ethyl adjacent to an activating group) is 2. The van der Waals surface area contributed by atoms with Crippen molar-refractivity contribution >= 4 is 52.8 Å². The predicted octanol–water partition coefficient (Wildman–Crippen LogP) is 6.10. The molecule has 13 atom stereocenters. The monoisotopic (exact) mass is 1370 g/mol. The van der Waals surface area contributed by atoms with Crippen molar-refractivity contribution in [1.82, 2.24) is 30.5 Å². The van der Waals surface area contributed by atoms with Crippen LogP contribution in [-0.4, -0.2) is 182 Å². The van der Waals surface area contributed by atoms with Gasteiger partial charge in [0.15, 0.2) is 23.5 Å². The van der Waals surface area contributed by atoms with Crippen molar-refractivity contribution in [1.29, 1.82) is 0 Å². The first kappa shape index (κ1) is 68.4. The van der Waals surface area contributed by atoms with Crippen molar-refractivity contribution in [3.63, 3.8) is 0 Å². The zero-order valence-corrected chi connectivity index (χ0v) is 56.3. The molecule has 9 N–H and O–H groups in total. The summed E-state index contributed by atoms with van der Waals surface area (Å²) in [4.78, 5) is 101. The highest BCUT2D eigenvalue weighted by Gasteiger charge is 2.76. The van der Waals surface area contributed by atoms with Crippen molar-refractivity contribution in [2.24, 2.45) is 39.7 Å². The van der Waals surface area contributed by atoms with E-state index >= 15 is 0 Å². The number of ketones is 2. The lowest BCUT2D eigenvalue weighted by Crippen LogP contribution is -2.72. The van der Waals surface area contributed by atoms with Crippen LogP contribution in [0.3, 0.4) is 0 Å². The standard InChI is InChI=1S/C74H85N9O17/c1-70-25-23-46(85)30-45(70)18-19-48-50-31-57-74(56(87)35-84,100-66(99-57)43-16-13-41(14-17-43)32-72-38-73(75,39-72)40-72)71(50,2)33-55(61(48)70)98-69(94)82(4)28-27-81(3)68(93)96-36-42-15-20-54(97-67-65(92)64(91)53(86)37-95-67)51(29-42)77-59(89)24-26-76-58(88)21-22-60(90)83-34-44-9-5-6-10-47(44)62-63(79-80-78-62)49-11-7-8-12-52(49)83/h5-17,20,23,25,29-30,48,50,53,55,57,61,64-67,84,86,91-92H,18-19,21-22,24,26-28,31-40,75H2,1-4H3,(H,76,88)(H,77,89)(H,78,79,80)/t48-,50-,53+,55-,57+,61+,64-,65+,66+,67-,70-,71-,72?,73?,74+/m0/s1. The summed E-state index contributed by atoms with van der Waals surface area (Å²) in [5.41, 5.74) is 10.9. The molecular weight excluding hydrogens is 1290 g/mol. The first-order valence-corrected chi connectivity index (χ1v) is 34.4. The Morgan fingerprint density at radius 1 is 0.840 bits per heavy atom. The maximum Gasteiger partial charge on any atom is 0.409 e. The number of Topliss-reactive ketones (excluding diaryl/α,β-unsaturated/α-hetero) is 1. The number of rotatable bonds is 20. The van der Waals surface area contributed by atoms with Gasteiger partial charge in [-0.1, -0.05) is 98.3 Å².